The lowest BCUT2D eigenvalue weighted by Crippen LogP contribution is -2.47. The van der Waals surface area contributed by atoms with Crippen molar-refractivity contribution in [3.63, 3.8) is 0 Å². The van der Waals surface area contributed by atoms with Gasteiger partial charge in [0.05, 0.1) is 31.0 Å². The third kappa shape index (κ3) is 12.0. The molecule has 0 spiro atoms. The molecule has 162 valence electrons. The predicted molar refractivity (Wildman–Crippen MR) is 107 cm³/mol. The Hall–Kier alpha value is -0.280. The van der Waals surface area contributed by atoms with Gasteiger partial charge in [0.1, 0.15) is 0 Å². The van der Waals surface area contributed by atoms with Gasteiger partial charge in [0, 0.05) is 32.7 Å². The first-order chi connectivity index (χ1) is 12.9. The maximum Gasteiger partial charge on any atom is 0.0565 e. The van der Waals surface area contributed by atoms with E-state index in [0.717, 1.165) is 58.2 Å². The van der Waals surface area contributed by atoms with E-state index < -0.39 is 0 Å². The Balaban J connectivity index is 0.000000212. The van der Waals surface area contributed by atoms with Gasteiger partial charge in [0.25, 0.3) is 0 Å². The number of β-amino-alcohol motifs (C(OH)–C–C–N with tert-alkyl or cyclic N) is 1. The fourth-order valence-electron chi connectivity index (χ4n) is 3.69. The number of hydrogen-bond donors (Lipinski definition) is 5. The molecule has 0 radical (unpaired) electrons. The largest absolute Gasteiger partial charge is 0.395 e. The first-order valence-corrected chi connectivity index (χ1v) is 10.7. The summed E-state index contributed by atoms with van der Waals surface area (Å²) in [6, 6.07) is 0. The van der Waals surface area contributed by atoms with Gasteiger partial charge in [-0.15, -0.1) is 0 Å². The van der Waals surface area contributed by atoms with Gasteiger partial charge in [-0.2, -0.15) is 0 Å². The predicted octanol–water partition coefficient (Wildman–Crippen LogP) is 0.181. The van der Waals surface area contributed by atoms with Crippen LogP contribution in [0.15, 0.2) is 0 Å². The van der Waals surface area contributed by atoms with E-state index in [1.165, 1.54) is 26.1 Å². The highest BCUT2D eigenvalue weighted by atomic mass is 16.3. The standard InChI is InChI=1S/C9H20N2O.C6H12O2.C5H10O2/c1-2-3-10-4-6-11(7-5-10)8-9-12;7-5-1-2-6(8)4-3-5;6-4-1-2-5(7)3-4/h12H,2-9H2,1H3;5-8H,1-4H2;4-7H,1-3H2. The third-order valence-electron chi connectivity index (χ3n) is 5.46. The van der Waals surface area contributed by atoms with Crippen LogP contribution in [0.3, 0.4) is 0 Å². The van der Waals surface area contributed by atoms with Gasteiger partial charge in [0.15, 0.2) is 0 Å². The molecule has 2 aliphatic carbocycles. The number of hydrogen-bond acceptors (Lipinski definition) is 7. The molecule has 7 nitrogen and oxygen atoms in total. The zero-order chi connectivity index (χ0) is 20.1. The monoisotopic (exact) mass is 390 g/mol. The minimum absolute atomic E-state index is 0.140. The lowest BCUT2D eigenvalue weighted by molar-refractivity contribution is 0.0541. The van der Waals surface area contributed by atoms with Crippen LogP contribution in [0.2, 0.25) is 0 Å². The summed E-state index contributed by atoms with van der Waals surface area (Å²) in [5.41, 5.74) is 0. The minimum atomic E-state index is -0.227. The van der Waals surface area contributed by atoms with Crippen LogP contribution in [0.25, 0.3) is 0 Å². The summed E-state index contributed by atoms with van der Waals surface area (Å²) < 4.78 is 0. The summed E-state index contributed by atoms with van der Waals surface area (Å²) in [6.07, 6.45) is 5.77. The van der Waals surface area contributed by atoms with Crippen molar-refractivity contribution in [3.05, 3.63) is 0 Å². The van der Waals surface area contributed by atoms with Gasteiger partial charge in [-0.25, -0.2) is 0 Å². The van der Waals surface area contributed by atoms with Gasteiger partial charge in [0.2, 0.25) is 0 Å². The topological polar surface area (TPSA) is 108 Å². The highest BCUT2D eigenvalue weighted by molar-refractivity contribution is 4.72. The van der Waals surface area contributed by atoms with Crippen LogP contribution in [0, 0.1) is 0 Å². The normalized spacial score (nSPS) is 32.2. The first-order valence-electron chi connectivity index (χ1n) is 10.7. The highest BCUT2D eigenvalue weighted by Gasteiger charge is 2.19. The Kier molecular flexibility index (Phi) is 13.5. The van der Waals surface area contributed by atoms with Crippen LogP contribution in [-0.4, -0.2) is 106 Å². The van der Waals surface area contributed by atoms with Crippen molar-refractivity contribution in [2.45, 2.75) is 82.7 Å². The van der Waals surface area contributed by atoms with Crippen molar-refractivity contribution in [3.8, 4) is 0 Å². The molecule has 3 fully saturated rings. The molecule has 1 heterocycles. The Morgan fingerprint density at radius 1 is 0.630 bits per heavy atom. The molecule has 0 amide bonds. The Labute approximate surface area is 164 Å². The van der Waals surface area contributed by atoms with Gasteiger partial charge >= 0.3 is 0 Å². The molecule has 27 heavy (non-hydrogen) atoms. The van der Waals surface area contributed by atoms with E-state index in [1.807, 2.05) is 0 Å². The van der Waals surface area contributed by atoms with E-state index in [0.29, 0.717) is 13.0 Å². The molecule has 2 atom stereocenters. The van der Waals surface area contributed by atoms with Crippen LogP contribution in [0.1, 0.15) is 58.3 Å². The minimum Gasteiger partial charge on any atom is -0.395 e. The Morgan fingerprint density at radius 3 is 1.30 bits per heavy atom. The van der Waals surface area contributed by atoms with E-state index in [4.69, 9.17) is 25.5 Å². The summed E-state index contributed by atoms with van der Waals surface area (Å²) in [5, 5.41) is 44.0. The Bertz CT molecular complexity index is 313. The fourth-order valence-corrected chi connectivity index (χ4v) is 3.69. The second kappa shape index (κ2) is 14.7. The molecule has 0 aromatic carbocycles. The SMILES string of the molecule is CCCN1CCN(CCO)CC1.OC1CCC(O)C1.OC1CCC(O)CC1. The number of piperazine rings is 1. The molecule has 3 rings (SSSR count). The van der Waals surface area contributed by atoms with E-state index in [9.17, 15) is 0 Å². The molecule has 0 bridgehead atoms. The van der Waals surface area contributed by atoms with Gasteiger partial charge in [-0.05, 0) is 57.9 Å². The van der Waals surface area contributed by atoms with Crippen LogP contribution in [0.5, 0.6) is 0 Å². The maximum atomic E-state index is 8.92. The van der Waals surface area contributed by atoms with Crippen molar-refractivity contribution >= 4 is 0 Å². The number of aliphatic hydroxyl groups excluding tert-OH is 5. The molecule has 2 saturated carbocycles. The summed E-state index contributed by atoms with van der Waals surface area (Å²) >= 11 is 0. The molecule has 1 aliphatic heterocycles. The highest BCUT2D eigenvalue weighted by Crippen LogP contribution is 2.18. The van der Waals surface area contributed by atoms with E-state index >= 15 is 0 Å². The second-order valence-electron chi connectivity index (χ2n) is 7.99. The van der Waals surface area contributed by atoms with E-state index in [1.54, 1.807) is 0 Å². The summed E-state index contributed by atoms with van der Waals surface area (Å²) in [4.78, 5) is 4.82. The number of rotatable bonds is 4. The average molecular weight is 391 g/mol. The fraction of sp³-hybridized carbons (Fsp3) is 1.00. The van der Waals surface area contributed by atoms with Crippen LogP contribution in [0.4, 0.5) is 0 Å². The molecule has 3 aliphatic rings. The average Bonchev–Trinajstić information content (AvgIpc) is 3.04. The summed E-state index contributed by atoms with van der Waals surface area (Å²) in [6.45, 7) is 9.20. The van der Waals surface area contributed by atoms with Gasteiger partial charge in [-0.3, -0.25) is 4.90 Å². The molecular formula is C20H42N2O5. The van der Waals surface area contributed by atoms with E-state index in [2.05, 4.69) is 16.7 Å². The third-order valence-corrected chi connectivity index (χ3v) is 5.46. The van der Waals surface area contributed by atoms with Crippen molar-refractivity contribution in [1.82, 2.24) is 9.80 Å². The lowest BCUT2D eigenvalue weighted by Gasteiger charge is -2.34. The summed E-state index contributed by atoms with van der Waals surface area (Å²) in [5.74, 6) is 0. The molecule has 0 aromatic heterocycles. The quantitative estimate of drug-likeness (QED) is 0.466. The van der Waals surface area contributed by atoms with E-state index in [-0.39, 0.29) is 24.4 Å². The molecule has 5 N–H and O–H groups in total. The Morgan fingerprint density at radius 2 is 1.00 bits per heavy atom. The molecular weight excluding hydrogens is 348 g/mol. The van der Waals surface area contributed by atoms with Crippen LogP contribution < -0.4 is 0 Å². The zero-order valence-electron chi connectivity index (χ0n) is 17.0. The second-order valence-corrected chi connectivity index (χ2v) is 7.99. The van der Waals surface area contributed by atoms with Crippen LogP contribution >= 0.6 is 0 Å². The van der Waals surface area contributed by atoms with Crippen molar-refractivity contribution in [2.75, 3.05) is 45.9 Å². The number of nitrogens with zero attached hydrogens (tertiary/aromatic N) is 2. The number of aliphatic hydroxyl groups is 5. The smallest absolute Gasteiger partial charge is 0.0565 e. The molecule has 0 aromatic rings. The van der Waals surface area contributed by atoms with Crippen LogP contribution in [-0.2, 0) is 0 Å². The first kappa shape index (κ1) is 24.8. The van der Waals surface area contributed by atoms with Gasteiger partial charge < -0.3 is 30.4 Å². The van der Waals surface area contributed by atoms with Gasteiger partial charge in [-0.1, -0.05) is 6.92 Å². The molecule has 7 heteroatoms. The molecule has 1 saturated heterocycles. The summed E-state index contributed by atoms with van der Waals surface area (Å²) in [7, 11) is 0. The lowest BCUT2D eigenvalue weighted by atomic mass is 9.95. The van der Waals surface area contributed by atoms with Crippen molar-refractivity contribution < 1.29 is 25.5 Å². The van der Waals surface area contributed by atoms with Crippen molar-refractivity contribution in [2.24, 2.45) is 0 Å². The zero-order valence-corrected chi connectivity index (χ0v) is 17.0. The maximum absolute atomic E-state index is 8.92. The van der Waals surface area contributed by atoms with Crippen molar-refractivity contribution in [1.29, 1.82) is 0 Å². The molecule has 2 unspecified atom stereocenters.